The fourth-order valence-electron chi connectivity index (χ4n) is 4.25. The number of benzene rings is 2. The lowest BCUT2D eigenvalue weighted by Crippen LogP contribution is -2.19. The van der Waals surface area contributed by atoms with Gasteiger partial charge >= 0.3 is 0 Å². The van der Waals surface area contributed by atoms with Crippen molar-refractivity contribution in [2.45, 2.75) is 18.9 Å². The maximum atomic E-state index is 11.6. The standard InChI is InChI=1S/C24H23N5O/c25-24(30)22-5-1-3-20-16-29(27-23(20)22)21-8-6-17(7-9-21)14-28-12-10-19(15-28)18-4-2-11-26-13-18/h1-9,11,13,16,19H,10,12,14-15H2,(H2,25,30). The topological polar surface area (TPSA) is 77.0 Å². The Morgan fingerprint density at radius 2 is 1.97 bits per heavy atom. The maximum absolute atomic E-state index is 11.6. The van der Waals surface area contributed by atoms with E-state index in [0.717, 1.165) is 30.7 Å². The molecule has 1 atom stereocenters. The molecule has 0 bridgehead atoms. The monoisotopic (exact) mass is 397 g/mol. The Morgan fingerprint density at radius 3 is 2.73 bits per heavy atom. The van der Waals surface area contributed by atoms with Crippen LogP contribution in [0.3, 0.4) is 0 Å². The molecule has 1 aliphatic rings. The number of aromatic nitrogens is 3. The summed E-state index contributed by atoms with van der Waals surface area (Å²) in [6.45, 7) is 3.10. The van der Waals surface area contributed by atoms with Crippen molar-refractivity contribution < 1.29 is 4.79 Å². The first-order chi connectivity index (χ1) is 14.7. The van der Waals surface area contributed by atoms with Gasteiger partial charge in [-0.2, -0.15) is 5.10 Å². The molecule has 1 aliphatic heterocycles. The lowest BCUT2D eigenvalue weighted by molar-refractivity contribution is 0.100. The van der Waals surface area contributed by atoms with Crippen molar-refractivity contribution in [1.29, 1.82) is 0 Å². The van der Waals surface area contributed by atoms with Crippen molar-refractivity contribution >= 4 is 16.8 Å². The van der Waals surface area contributed by atoms with Gasteiger partial charge in [0.25, 0.3) is 5.91 Å². The number of nitrogens with two attached hydrogens (primary N) is 1. The van der Waals surface area contributed by atoms with Crippen molar-refractivity contribution in [3.63, 3.8) is 0 Å². The van der Waals surface area contributed by atoms with Gasteiger partial charge in [-0.25, -0.2) is 4.68 Å². The third-order valence-electron chi connectivity index (χ3n) is 5.84. The number of carbonyl (C=O) groups excluding carboxylic acids is 1. The molecule has 0 aliphatic carbocycles. The van der Waals surface area contributed by atoms with Crippen LogP contribution in [0.2, 0.25) is 0 Å². The van der Waals surface area contributed by atoms with Crippen molar-refractivity contribution in [2.24, 2.45) is 5.73 Å². The van der Waals surface area contributed by atoms with E-state index in [1.165, 1.54) is 17.5 Å². The highest BCUT2D eigenvalue weighted by Gasteiger charge is 2.23. The molecule has 6 heteroatoms. The molecule has 150 valence electrons. The number of likely N-dealkylation sites (tertiary alicyclic amines) is 1. The molecule has 5 rings (SSSR count). The average molecular weight is 397 g/mol. The van der Waals surface area contributed by atoms with Crippen LogP contribution in [0.15, 0.2) is 73.2 Å². The molecule has 1 unspecified atom stereocenters. The molecule has 1 amide bonds. The first-order valence-electron chi connectivity index (χ1n) is 10.2. The van der Waals surface area contributed by atoms with Crippen LogP contribution in [0.25, 0.3) is 16.6 Å². The number of hydrogen-bond donors (Lipinski definition) is 1. The number of rotatable bonds is 5. The van der Waals surface area contributed by atoms with Crippen molar-refractivity contribution in [3.05, 3.63) is 89.9 Å². The molecule has 2 aromatic carbocycles. The zero-order valence-electron chi connectivity index (χ0n) is 16.6. The lowest BCUT2D eigenvalue weighted by Gasteiger charge is -2.16. The van der Waals surface area contributed by atoms with E-state index in [-0.39, 0.29) is 0 Å². The Kier molecular flexibility index (Phi) is 4.77. The molecule has 6 nitrogen and oxygen atoms in total. The quantitative estimate of drug-likeness (QED) is 0.559. The number of fused-ring (bicyclic) bond motifs is 1. The number of pyridine rings is 1. The van der Waals surface area contributed by atoms with E-state index in [9.17, 15) is 4.79 Å². The molecule has 30 heavy (non-hydrogen) atoms. The summed E-state index contributed by atoms with van der Waals surface area (Å²) >= 11 is 0. The molecule has 0 radical (unpaired) electrons. The van der Waals surface area contributed by atoms with Gasteiger partial charge in [-0.05, 0) is 54.3 Å². The van der Waals surface area contributed by atoms with Gasteiger partial charge in [0.1, 0.15) is 5.52 Å². The highest BCUT2D eigenvalue weighted by molar-refractivity contribution is 6.04. The van der Waals surface area contributed by atoms with Crippen molar-refractivity contribution in [3.8, 4) is 5.69 Å². The smallest absolute Gasteiger partial charge is 0.250 e. The minimum Gasteiger partial charge on any atom is -0.366 e. The first kappa shape index (κ1) is 18.5. The summed E-state index contributed by atoms with van der Waals surface area (Å²) in [5.41, 5.74) is 10.1. The summed E-state index contributed by atoms with van der Waals surface area (Å²) in [6, 6.07) is 18.1. The Bertz CT molecular complexity index is 1180. The minimum atomic E-state index is -0.462. The fourth-order valence-corrected chi connectivity index (χ4v) is 4.25. The lowest BCUT2D eigenvalue weighted by atomic mass is 10.0. The van der Waals surface area contributed by atoms with E-state index in [2.05, 4.69) is 45.3 Å². The second-order valence-corrected chi connectivity index (χ2v) is 7.85. The van der Waals surface area contributed by atoms with Crippen LogP contribution >= 0.6 is 0 Å². The average Bonchev–Trinajstić information content (AvgIpc) is 3.41. The van der Waals surface area contributed by atoms with E-state index in [1.54, 1.807) is 10.7 Å². The number of primary amides is 1. The Hall–Kier alpha value is -3.51. The second kappa shape index (κ2) is 7.72. The normalized spacial score (nSPS) is 16.9. The summed E-state index contributed by atoms with van der Waals surface area (Å²) in [5, 5.41) is 5.48. The second-order valence-electron chi connectivity index (χ2n) is 7.85. The fraction of sp³-hybridized carbons (Fsp3) is 0.208. The van der Waals surface area contributed by atoms with Crippen LogP contribution in [0.5, 0.6) is 0 Å². The minimum absolute atomic E-state index is 0.445. The number of amides is 1. The first-order valence-corrected chi connectivity index (χ1v) is 10.2. The van der Waals surface area contributed by atoms with E-state index < -0.39 is 5.91 Å². The molecule has 0 saturated carbocycles. The van der Waals surface area contributed by atoms with E-state index in [0.29, 0.717) is 17.0 Å². The van der Waals surface area contributed by atoms with E-state index >= 15 is 0 Å². The van der Waals surface area contributed by atoms with Gasteiger partial charge in [0, 0.05) is 37.1 Å². The molecule has 1 saturated heterocycles. The van der Waals surface area contributed by atoms with Crippen molar-refractivity contribution in [1.82, 2.24) is 19.7 Å². The zero-order chi connectivity index (χ0) is 20.5. The summed E-state index contributed by atoms with van der Waals surface area (Å²) in [6.07, 6.45) is 6.91. The van der Waals surface area contributed by atoms with Gasteiger partial charge in [0.15, 0.2) is 0 Å². The summed E-state index contributed by atoms with van der Waals surface area (Å²) in [7, 11) is 0. The SMILES string of the molecule is NC(=O)c1cccc2cn(-c3ccc(CN4CCC(c5cccnc5)C4)cc3)nc12. The molecule has 2 aromatic heterocycles. The van der Waals surface area contributed by atoms with Crippen LogP contribution in [0.4, 0.5) is 0 Å². The molecule has 1 fully saturated rings. The van der Waals surface area contributed by atoms with Crippen LogP contribution < -0.4 is 5.73 Å². The van der Waals surface area contributed by atoms with Gasteiger partial charge in [-0.15, -0.1) is 0 Å². The highest BCUT2D eigenvalue weighted by Crippen LogP contribution is 2.27. The summed E-state index contributed by atoms with van der Waals surface area (Å²) in [5.74, 6) is 0.102. The Balaban J connectivity index is 1.30. The van der Waals surface area contributed by atoms with Crippen molar-refractivity contribution in [2.75, 3.05) is 13.1 Å². The number of nitrogens with zero attached hydrogens (tertiary/aromatic N) is 4. The van der Waals surface area contributed by atoms with Gasteiger partial charge < -0.3 is 5.73 Å². The molecule has 3 heterocycles. The third kappa shape index (κ3) is 3.57. The number of hydrogen-bond acceptors (Lipinski definition) is 4. The zero-order valence-corrected chi connectivity index (χ0v) is 16.6. The van der Waals surface area contributed by atoms with Crippen LogP contribution in [-0.4, -0.2) is 38.7 Å². The predicted octanol–water partition coefficient (Wildman–Crippen LogP) is 3.51. The maximum Gasteiger partial charge on any atom is 0.250 e. The predicted molar refractivity (Wildman–Crippen MR) is 116 cm³/mol. The molecule has 4 aromatic rings. The van der Waals surface area contributed by atoms with Crippen LogP contribution in [0.1, 0.15) is 33.8 Å². The molecule has 2 N–H and O–H groups in total. The molecule has 0 spiro atoms. The number of carbonyl (C=O) groups is 1. The van der Waals surface area contributed by atoms with Gasteiger partial charge in [0.05, 0.1) is 11.3 Å². The summed E-state index contributed by atoms with van der Waals surface area (Å²) in [4.78, 5) is 18.4. The molecular formula is C24H23N5O. The largest absolute Gasteiger partial charge is 0.366 e. The third-order valence-corrected chi connectivity index (χ3v) is 5.84. The van der Waals surface area contributed by atoms with Gasteiger partial charge in [-0.1, -0.05) is 30.3 Å². The molecular weight excluding hydrogens is 374 g/mol. The van der Waals surface area contributed by atoms with Crippen LogP contribution in [0, 0.1) is 0 Å². The Labute approximate surface area is 174 Å². The highest BCUT2D eigenvalue weighted by atomic mass is 16.1. The van der Waals surface area contributed by atoms with Crippen LogP contribution in [-0.2, 0) is 6.54 Å². The van der Waals surface area contributed by atoms with Gasteiger partial charge in [-0.3, -0.25) is 14.7 Å². The summed E-state index contributed by atoms with van der Waals surface area (Å²) < 4.78 is 1.80. The Morgan fingerprint density at radius 1 is 1.10 bits per heavy atom. The van der Waals surface area contributed by atoms with E-state index in [1.807, 2.05) is 36.8 Å². The van der Waals surface area contributed by atoms with Gasteiger partial charge in [0.2, 0.25) is 0 Å². The van der Waals surface area contributed by atoms with E-state index in [4.69, 9.17) is 5.73 Å².